The Morgan fingerprint density at radius 2 is 2.18 bits per heavy atom. The lowest BCUT2D eigenvalue weighted by Crippen LogP contribution is -1.93. The van der Waals surface area contributed by atoms with Gasteiger partial charge in [0.1, 0.15) is 5.40 Å². The molecule has 0 aliphatic heterocycles. The van der Waals surface area contributed by atoms with Gasteiger partial charge in [-0.1, -0.05) is 5.16 Å². The monoisotopic (exact) mass is 245 g/mol. The fourth-order valence-electron chi connectivity index (χ4n) is 1.62. The zero-order valence-corrected chi connectivity index (χ0v) is 10.3. The molecule has 1 heterocycles. The van der Waals surface area contributed by atoms with Crippen LogP contribution < -0.4 is 5.73 Å². The van der Waals surface area contributed by atoms with Gasteiger partial charge in [-0.15, -0.1) is 0 Å². The molecule has 0 unspecified atom stereocenters. The lowest BCUT2D eigenvalue weighted by atomic mass is 10.0. The van der Waals surface area contributed by atoms with E-state index in [1.807, 2.05) is 26.0 Å². The van der Waals surface area contributed by atoms with Crippen LogP contribution in [0.15, 0.2) is 27.6 Å². The van der Waals surface area contributed by atoms with E-state index in [2.05, 4.69) is 10.6 Å². The third-order valence-corrected chi connectivity index (χ3v) is 3.15. The summed E-state index contributed by atoms with van der Waals surface area (Å²) in [4.78, 5) is 0.829. The molecule has 0 saturated carbocycles. The van der Waals surface area contributed by atoms with E-state index in [0.29, 0.717) is 11.4 Å². The quantitative estimate of drug-likeness (QED) is 0.499. The zero-order valence-electron chi connectivity index (χ0n) is 9.52. The molecule has 0 bridgehead atoms. The molecule has 1 aromatic carbocycles. The molecule has 0 atom stereocenters. The highest BCUT2D eigenvalue weighted by molar-refractivity contribution is 8.03. The van der Waals surface area contributed by atoms with E-state index in [9.17, 15) is 0 Å². The summed E-state index contributed by atoms with van der Waals surface area (Å²) < 4.78 is 5.24. The lowest BCUT2D eigenvalue weighted by Gasteiger charge is -2.09. The number of benzene rings is 1. The van der Waals surface area contributed by atoms with Crippen LogP contribution in [0.3, 0.4) is 0 Å². The molecule has 0 aliphatic carbocycles. The number of rotatable bonds is 2. The molecule has 1 aromatic heterocycles. The van der Waals surface area contributed by atoms with Crippen LogP contribution in [0.1, 0.15) is 11.3 Å². The maximum absolute atomic E-state index is 8.79. The predicted molar refractivity (Wildman–Crippen MR) is 67.3 cm³/mol. The molecule has 86 valence electrons. The molecule has 0 spiro atoms. The van der Waals surface area contributed by atoms with Crippen LogP contribution in [-0.2, 0) is 0 Å². The standard InChI is InChI=1S/C12H11N3OS/c1-7-5-10(16-15-7)12-8(2)9(14)3-4-11(12)17-6-13/h3-5H,14H2,1-2H3. The lowest BCUT2D eigenvalue weighted by molar-refractivity contribution is 0.426. The molecule has 0 radical (unpaired) electrons. The van der Waals surface area contributed by atoms with Crippen LogP contribution in [0.25, 0.3) is 11.3 Å². The van der Waals surface area contributed by atoms with Crippen LogP contribution in [0, 0.1) is 24.5 Å². The molecule has 4 nitrogen and oxygen atoms in total. The molecule has 2 N–H and O–H groups in total. The highest BCUT2D eigenvalue weighted by atomic mass is 32.2. The highest BCUT2D eigenvalue weighted by Crippen LogP contribution is 2.36. The number of nitrogens with two attached hydrogens (primary N) is 1. The number of nitriles is 1. The Bertz CT molecular complexity index is 598. The molecule has 0 saturated heterocycles. The van der Waals surface area contributed by atoms with Crippen LogP contribution in [-0.4, -0.2) is 5.16 Å². The van der Waals surface area contributed by atoms with Crippen molar-refractivity contribution in [1.29, 1.82) is 5.26 Å². The Hall–Kier alpha value is -1.93. The largest absolute Gasteiger partial charge is 0.398 e. The average molecular weight is 245 g/mol. The number of aryl methyl sites for hydroxylation is 1. The Morgan fingerprint density at radius 3 is 2.76 bits per heavy atom. The van der Waals surface area contributed by atoms with Crippen molar-refractivity contribution >= 4 is 17.4 Å². The van der Waals surface area contributed by atoms with Crippen LogP contribution in [0.2, 0.25) is 0 Å². The summed E-state index contributed by atoms with van der Waals surface area (Å²) >= 11 is 1.09. The Balaban J connectivity index is 2.65. The minimum Gasteiger partial charge on any atom is -0.398 e. The van der Waals surface area contributed by atoms with E-state index < -0.39 is 0 Å². The zero-order chi connectivity index (χ0) is 12.4. The van der Waals surface area contributed by atoms with Crippen molar-refractivity contribution in [3.63, 3.8) is 0 Å². The molecular weight excluding hydrogens is 234 g/mol. The molecule has 2 aromatic rings. The third-order valence-electron chi connectivity index (χ3n) is 2.50. The van der Waals surface area contributed by atoms with Gasteiger partial charge in [0, 0.05) is 22.2 Å². The van der Waals surface area contributed by atoms with Gasteiger partial charge in [0.15, 0.2) is 5.76 Å². The number of thioether (sulfide) groups is 1. The second-order valence-electron chi connectivity index (χ2n) is 3.68. The van der Waals surface area contributed by atoms with Crippen molar-refractivity contribution in [3.8, 4) is 16.7 Å². The first-order chi connectivity index (χ1) is 8.13. The van der Waals surface area contributed by atoms with Gasteiger partial charge in [-0.3, -0.25) is 0 Å². The summed E-state index contributed by atoms with van der Waals surface area (Å²) in [6, 6.07) is 5.45. The SMILES string of the molecule is Cc1cc(-c2c(SC#N)ccc(N)c2C)on1. The van der Waals surface area contributed by atoms with E-state index in [4.69, 9.17) is 15.5 Å². The number of hydrogen-bond acceptors (Lipinski definition) is 5. The second kappa shape index (κ2) is 4.52. The first-order valence-electron chi connectivity index (χ1n) is 5.02. The number of aromatic nitrogens is 1. The molecule has 0 fully saturated rings. The fraction of sp³-hybridized carbons (Fsp3) is 0.167. The molecule has 5 heteroatoms. The predicted octanol–water partition coefficient (Wildman–Crippen LogP) is 3.11. The number of hydrogen-bond donors (Lipinski definition) is 1. The number of nitrogen functional groups attached to an aromatic ring is 1. The summed E-state index contributed by atoms with van der Waals surface area (Å²) in [6.45, 7) is 3.76. The summed E-state index contributed by atoms with van der Waals surface area (Å²) in [5.74, 6) is 0.644. The van der Waals surface area contributed by atoms with Gasteiger partial charge in [0.2, 0.25) is 0 Å². The van der Waals surface area contributed by atoms with Crippen molar-refractivity contribution < 1.29 is 4.52 Å². The van der Waals surface area contributed by atoms with Crippen LogP contribution in [0.5, 0.6) is 0 Å². The minimum absolute atomic E-state index is 0.644. The van der Waals surface area contributed by atoms with Crippen molar-refractivity contribution in [2.24, 2.45) is 0 Å². The van der Waals surface area contributed by atoms with Crippen molar-refractivity contribution in [2.75, 3.05) is 5.73 Å². The maximum atomic E-state index is 8.79. The van der Waals surface area contributed by atoms with Gasteiger partial charge in [-0.2, -0.15) is 5.26 Å². The van der Waals surface area contributed by atoms with Gasteiger partial charge in [-0.25, -0.2) is 0 Å². The normalized spacial score (nSPS) is 10.2. The fourth-order valence-corrected chi connectivity index (χ4v) is 2.21. The molecule has 0 aliphatic rings. The topological polar surface area (TPSA) is 75.8 Å². The Morgan fingerprint density at radius 1 is 1.41 bits per heavy atom. The van der Waals surface area contributed by atoms with E-state index in [-0.39, 0.29) is 0 Å². The van der Waals surface area contributed by atoms with Crippen LogP contribution in [0.4, 0.5) is 5.69 Å². The first kappa shape index (κ1) is 11.6. The summed E-state index contributed by atoms with van der Waals surface area (Å²) in [5.41, 5.74) is 9.10. The smallest absolute Gasteiger partial charge is 0.168 e. The van der Waals surface area contributed by atoms with Crippen LogP contribution >= 0.6 is 11.8 Å². The van der Waals surface area contributed by atoms with Gasteiger partial charge in [0.25, 0.3) is 0 Å². The molecule has 17 heavy (non-hydrogen) atoms. The van der Waals surface area contributed by atoms with Gasteiger partial charge >= 0.3 is 0 Å². The molecule has 2 rings (SSSR count). The summed E-state index contributed by atoms with van der Waals surface area (Å²) in [5, 5.41) is 14.7. The van der Waals surface area contributed by atoms with Crippen molar-refractivity contribution in [3.05, 3.63) is 29.5 Å². The Kier molecular flexibility index (Phi) is 3.07. The van der Waals surface area contributed by atoms with Crippen molar-refractivity contribution in [1.82, 2.24) is 5.16 Å². The Labute approximate surface area is 103 Å². The van der Waals surface area contributed by atoms with E-state index in [0.717, 1.165) is 33.5 Å². The highest BCUT2D eigenvalue weighted by Gasteiger charge is 2.15. The van der Waals surface area contributed by atoms with E-state index in [1.165, 1.54) is 0 Å². The first-order valence-corrected chi connectivity index (χ1v) is 5.84. The van der Waals surface area contributed by atoms with Gasteiger partial charge < -0.3 is 10.3 Å². The van der Waals surface area contributed by atoms with Crippen molar-refractivity contribution in [2.45, 2.75) is 18.7 Å². The molecular formula is C12H11N3OS. The second-order valence-corrected chi connectivity index (χ2v) is 4.51. The summed E-state index contributed by atoms with van der Waals surface area (Å²) in [6.07, 6.45) is 0. The number of nitrogens with zero attached hydrogens (tertiary/aromatic N) is 2. The maximum Gasteiger partial charge on any atom is 0.168 e. The number of thiocyanates is 1. The van der Waals surface area contributed by atoms with E-state index >= 15 is 0 Å². The van der Waals surface area contributed by atoms with E-state index in [1.54, 1.807) is 6.07 Å². The minimum atomic E-state index is 0.644. The number of anilines is 1. The summed E-state index contributed by atoms with van der Waals surface area (Å²) in [7, 11) is 0. The van der Waals surface area contributed by atoms with Gasteiger partial charge in [-0.05, 0) is 43.3 Å². The average Bonchev–Trinajstić information content (AvgIpc) is 2.71. The third kappa shape index (κ3) is 2.12. The molecule has 0 amide bonds. The van der Waals surface area contributed by atoms with Gasteiger partial charge in [0.05, 0.1) is 5.69 Å².